The van der Waals surface area contributed by atoms with E-state index < -0.39 is 64.0 Å². The second kappa shape index (κ2) is 11.4. The highest BCUT2D eigenvalue weighted by Gasteiger charge is 2.38. The number of hydrogen-bond donors (Lipinski definition) is 0. The summed E-state index contributed by atoms with van der Waals surface area (Å²) in [5.41, 5.74) is -3.22. The fraction of sp³-hybridized carbons (Fsp3) is 0.286. The van der Waals surface area contributed by atoms with Gasteiger partial charge in [-0.25, -0.2) is 13.2 Å². The molecule has 0 saturated carbocycles. The second-order valence-electron chi connectivity index (χ2n) is 8.93. The van der Waals surface area contributed by atoms with Gasteiger partial charge in [0.1, 0.15) is 28.8 Å². The SMILES string of the molecule is C=CCCC1COC(c2ccc(C(F)(F)Oc3ccc(-c4cc(F)c(C(F)(F)F)c(F)c4)c(F)c3)cc2)OC1. The van der Waals surface area contributed by atoms with E-state index in [1.807, 2.05) is 0 Å². The topological polar surface area (TPSA) is 27.7 Å². The van der Waals surface area contributed by atoms with Crippen molar-refractivity contribution in [3.63, 3.8) is 0 Å². The Morgan fingerprint density at radius 1 is 0.846 bits per heavy atom. The predicted octanol–water partition coefficient (Wildman–Crippen LogP) is 8.55. The molecule has 1 heterocycles. The standard InChI is InChI=1S/C28H22F8O3/c1-2-3-4-16-14-37-26(38-15-16)17-5-7-19(8-6-17)28(35,36)39-20-9-10-21(22(29)13-20)18-11-23(30)25(24(31)12-18)27(32,33)34/h2,5-13,16,26H,1,3-4,14-15H2. The van der Waals surface area contributed by atoms with Gasteiger partial charge >= 0.3 is 12.3 Å². The summed E-state index contributed by atoms with van der Waals surface area (Å²) in [7, 11) is 0. The van der Waals surface area contributed by atoms with Gasteiger partial charge in [0.15, 0.2) is 6.29 Å². The van der Waals surface area contributed by atoms with Crippen LogP contribution in [0.1, 0.15) is 35.8 Å². The summed E-state index contributed by atoms with van der Waals surface area (Å²) in [5, 5.41) is 0. The molecule has 1 saturated heterocycles. The summed E-state index contributed by atoms with van der Waals surface area (Å²) in [6.07, 6.45) is -6.42. The Hall–Kier alpha value is -3.44. The monoisotopic (exact) mass is 558 g/mol. The molecule has 0 radical (unpaired) electrons. The highest BCUT2D eigenvalue weighted by molar-refractivity contribution is 5.66. The maximum atomic E-state index is 14.8. The Morgan fingerprint density at radius 3 is 2.00 bits per heavy atom. The third-order valence-electron chi connectivity index (χ3n) is 6.09. The highest BCUT2D eigenvalue weighted by Crippen LogP contribution is 2.38. The second-order valence-corrected chi connectivity index (χ2v) is 8.93. The molecule has 208 valence electrons. The zero-order valence-corrected chi connectivity index (χ0v) is 20.2. The van der Waals surface area contributed by atoms with Crippen LogP contribution < -0.4 is 4.74 Å². The molecule has 3 aromatic rings. The molecule has 0 amide bonds. The molecule has 0 aromatic heterocycles. The number of alkyl halides is 5. The Labute approximate surface area is 218 Å². The van der Waals surface area contributed by atoms with E-state index in [4.69, 9.17) is 9.47 Å². The van der Waals surface area contributed by atoms with Crippen LogP contribution in [0.4, 0.5) is 35.1 Å². The molecule has 0 atom stereocenters. The van der Waals surface area contributed by atoms with Gasteiger partial charge in [-0.05, 0) is 54.8 Å². The minimum atomic E-state index is -5.29. The molecule has 1 aliphatic heterocycles. The van der Waals surface area contributed by atoms with Crippen LogP contribution in [0.3, 0.4) is 0 Å². The molecular weight excluding hydrogens is 536 g/mol. The average Bonchev–Trinajstić information content (AvgIpc) is 2.86. The maximum absolute atomic E-state index is 14.8. The third-order valence-corrected chi connectivity index (χ3v) is 6.09. The van der Waals surface area contributed by atoms with Gasteiger partial charge in [-0.1, -0.05) is 18.2 Å². The molecule has 0 aliphatic carbocycles. The lowest BCUT2D eigenvalue weighted by molar-refractivity contribution is -0.206. The number of halogens is 8. The largest absolute Gasteiger partial charge is 0.429 e. The summed E-state index contributed by atoms with van der Waals surface area (Å²) in [5.74, 6) is -5.54. The van der Waals surface area contributed by atoms with E-state index in [1.165, 1.54) is 12.1 Å². The highest BCUT2D eigenvalue weighted by atomic mass is 19.4. The Kier molecular flexibility index (Phi) is 8.31. The summed E-state index contributed by atoms with van der Waals surface area (Å²) in [4.78, 5) is 0. The van der Waals surface area contributed by atoms with Gasteiger partial charge < -0.3 is 14.2 Å². The lowest BCUT2D eigenvalue weighted by atomic mass is 10.0. The van der Waals surface area contributed by atoms with Gasteiger partial charge in [-0.3, -0.25) is 0 Å². The number of allylic oxidation sites excluding steroid dienone is 1. The summed E-state index contributed by atoms with van der Waals surface area (Å²) >= 11 is 0. The van der Waals surface area contributed by atoms with Crippen LogP contribution >= 0.6 is 0 Å². The van der Waals surface area contributed by atoms with Crippen molar-refractivity contribution < 1.29 is 49.3 Å². The van der Waals surface area contributed by atoms with Crippen molar-refractivity contribution in [2.75, 3.05) is 13.2 Å². The van der Waals surface area contributed by atoms with Gasteiger partial charge in [-0.2, -0.15) is 22.0 Å². The van der Waals surface area contributed by atoms with Crippen LogP contribution in [0, 0.1) is 23.4 Å². The van der Waals surface area contributed by atoms with Crippen molar-refractivity contribution in [2.45, 2.75) is 31.4 Å². The molecule has 1 fully saturated rings. The van der Waals surface area contributed by atoms with E-state index in [2.05, 4.69) is 11.3 Å². The molecule has 4 rings (SSSR count). The third kappa shape index (κ3) is 6.59. The lowest BCUT2D eigenvalue weighted by Crippen LogP contribution is -2.27. The van der Waals surface area contributed by atoms with Crippen LogP contribution in [-0.4, -0.2) is 13.2 Å². The molecule has 0 spiro atoms. The Bertz CT molecular complexity index is 1290. The Morgan fingerprint density at radius 2 is 1.46 bits per heavy atom. The normalized spacial score (nSPS) is 18.2. The Balaban J connectivity index is 1.45. The van der Waals surface area contributed by atoms with E-state index in [9.17, 15) is 35.1 Å². The van der Waals surface area contributed by atoms with E-state index in [-0.39, 0.29) is 5.92 Å². The molecule has 1 aliphatic rings. The molecule has 0 N–H and O–H groups in total. The maximum Gasteiger partial charge on any atom is 0.426 e. The molecule has 0 unspecified atom stereocenters. The number of hydrogen-bond acceptors (Lipinski definition) is 3. The lowest BCUT2D eigenvalue weighted by Gasteiger charge is -2.29. The van der Waals surface area contributed by atoms with E-state index >= 15 is 0 Å². The van der Waals surface area contributed by atoms with Crippen LogP contribution in [-0.2, 0) is 21.8 Å². The first-order valence-electron chi connectivity index (χ1n) is 11.8. The van der Waals surface area contributed by atoms with E-state index in [0.29, 0.717) is 37.0 Å². The minimum absolute atomic E-state index is 0.209. The molecule has 0 bridgehead atoms. The van der Waals surface area contributed by atoms with Gasteiger partial charge in [0.2, 0.25) is 0 Å². The van der Waals surface area contributed by atoms with Crippen molar-refractivity contribution >= 4 is 0 Å². The molecule has 3 aromatic carbocycles. The van der Waals surface area contributed by atoms with Crippen molar-refractivity contribution in [3.8, 4) is 16.9 Å². The van der Waals surface area contributed by atoms with Crippen LogP contribution in [0.25, 0.3) is 11.1 Å². The zero-order chi connectivity index (χ0) is 28.4. The number of ether oxygens (including phenoxy) is 3. The zero-order valence-electron chi connectivity index (χ0n) is 20.2. The molecular formula is C28H22F8O3. The smallest absolute Gasteiger partial charge is 0.426 e. The van der Waals surface area contributed by atoms with Crippen molar-refractivity contribution in [1.29, 1.82) is 0 Å². The molecule has 3 nitrogen and oxygen atoms in total. The first kappa shape index (κ1) is 28.6. The minimum Gasteiger partial charge on any atom is -0.429 e. The predicted molar refractivity (Wildman–Crippen MR) is 125 cm³/mol. The van der Waals surface area contributed by atoms with Crippen molar-refractivity contribution in [2.24, 2.45) is 5.92 Å². The average molecular weight is 558 g/mol. The summed E-state index contributed by atoms with van der Waals surface area (Å²) < 4.78 is 126. The van der Waals surface area contributed by atoms with E-state index in [1.54, 1.807) is 6.08 Å². The quantitative estimate of drug-likeness (QED) is 0.205. The van der Waals surface area contributed by atoms with Crippen molar-refractivity contribution in [3.05, 3.63) is 101 Å². The van der Waals surface area contributed by atoms with Gasteiger partial charge in [0.05, 0.1) is 18.8 Å². The number of benzene rings is 3. The van der Waals surface area contributed by atoms with E-state index in [0.717, 1.165) is 37.1 Å². The first-order valence-corrected chi connectivity index (χ1v) is 11.8. The van der Waals surface area contributed by atoms with Crippen LogP contribution in [0.2, 0.25) is 0 Å². The number of rotatable bonds is 8. The van der Waals surface area contributed by atoms with Gasteiger partial charge in [0, 0.05) is 23.1 Å². The van der Waals surface area contributed by atoms with Crippen LogP contribution in [0.15, 0.2) is 67.3 Å². The van der Waals surface area contributed by atoms with Gasteiger partial charge in [0.25, 0.3) is 0 Å². The fourth-order valence-corrected chi connectivity index (χ4v) is 4.09. The first-order chi connectivity index (χ1) is 18.4. The molecule has 11 heteroatoms. The summed E-state index contributed by atoms with van der Waals surface area (Å²) in [6, 6.07) is 7.90. The summed E-state index contributed by atoms with van der Waals surface area (Å²) in [6.45, 7) is 4.57. The molecule has 39 heavy (non-hydrogen) atoms. The van der Waals surface area contributed by atoms with Crippen LogP contribution in [0.5, 0.6) is 5.75 Å². The van der Waals surface area contributed by atoms with Gasteiger partial charge in [-0.15, -0.1) is 6.58 Å². The fourth-order valence-electron chi connectivity index (χ4n) is 4.09. The van der Waals surface area contributed by atoms with Crippen molar-refractivity contribution in [1.82, 2.24) is 0 Å².